The van der Waals surface area contributed by atoms with Crippen LogP contribution in [0.2, 0.25) is 20.3 Å². The Morgan fingerprint density at radius 2 is 1.07 bits per heavy atom. The third-order valence-corrected chi connectivity index (χ3v) is 15.0. The number of rotatable bonds is 7. The molecule has 0 N–H and O–H groups in total. The van der Waals surface area contributed by atoms with E-state index < -0.39 is 23.2 Å². The summed E-state index contributed by atoms with van der Waals surface area (Å²) in [5, 5.41) is 0. The molecule has 7 rings (SSSR count). The van der Waals surface area contributed by atoms with E-state index in [0.29, 0.717) is 25.0 Å². The summed E-state index contributed by atoms with van der Waals surface area (Å²) in [6.45, 7) is 4.72. The second-order valence-corrected chi connectivity index (χ2v) is 17.2. The molecule has 1 saturated heterocycles. The molecule has 0 spiro atoms. The van der Waals surface area contributed by atoms with E-state index in [-0.39, 0.29) is 0 Å². The molecule has 42 heavy (non-hydrogen) atoms. The average Bonchev–Trinajstić information content (AvgIpc) is 3.83. The van der Waals surface area contributed by atoms with Crippen LogP contribution < -0.4 is 0 Å². The molecular formula is C40H44SiZr. The normalized spacial score (nSPS) is 19.2. The predicted molar refractivity (Wildman–Crippen MR) is 183 cm³/mol. The van der Waals surface area contributed by atoms with E-state index in [1.807, 2.05) is 0 Å². The molecule has 4 aromatic carbocycles. The van der Waals surface area contributed by atoms with Crippen molar-refractivity contribution in [3.63, 3.8) is 0 Å². The molecule has 2 unspecified atom stereocenters. The van der Waals surface area contributed by atoms with E-state index in [9.17, 15) is 0 Å². The van der Waals surface area contributed by atoms with Crippen LogP contribution in [0.5, 0.6) is 0 Å². The van der Waals surface area contributed by atoms with Crippen molar-refractivity contribution in [2.45, 2.75) is 71.7 Å². The molecule has 0 nitrogen and oxygen atoms in total. The first-order valence-corrected chi connectivity index (χ1v) is 22.1. The topological polar surface area (TPSA) is 0 Å². The molecule has 0 radical (unpaired) electrons. The number of fused-ring (bicyclic) bond motifs is 2. The Bertz CT molecular complexity index is 1440. The fraction of sp³-hybridized carbons (Fsp3) is 0.300. The van der Waals surface area contributed by atoms with Gasteiger partial charge in [-0.05, 0) is 0 Å². The maximum atomic E-state index is 2.58. The van der Waals surface area contributed by atoms with Crippen LogP contribution in [0.15, 0.2) is 108 Å². The molecule has 2 atom stereocenters. The summed E-state index contributed by atoms with van der Waals surface area (Å²) < 4.78 is 3.28. The minimum absolute atomic E-state index is 0.534. The van der Waals surface area contributed by atoms with Crippen LogP contribution in [0.25, 0.3) is 34.4 Å². The van der Waals surface area contributed by atoms with Crippen molar-refractivity contribution in [1.82, 2.24) is 0 Å². The fourth-order valence-electron chi connectivity index (χ4n) is 7.62. The van der Waals surface area contributed by atoms with Crippen LogP contribution in [0, 0.1) is 0 Å². The Balaban J connectivity index is 0.000000573. The van der Waals surface area contributed by atoms with E-state index >= 15 is 0 Å². The molecule has 1 fully saturated rings. The van der Waals surface area contributed by atoms with Crippen molar-refractivity contribution < 1.29 is 23.2 Å². The standard InChI is InChI=1S/C35H31.C4H10Si.CH3.Zr/c1-3-24-21-34-28(26-13-7-5-8-14-26)17-11-19-30(34)32(24)23-33-25(4-2)22-35-29(18-12-20-31(33)35)27-15-9-6-10-16-27;1-2-4-5-3-1;;/h5-23,32-33H,3-4H2,1-2H3;1-5H2;1H3;. The molecule has 0 amide bonds. The minimum atomic E-state index is -0.656. The molecule has 2 heteroatoms. The van der Waals surface area contributed by atoms with Crippen molar-refractivity contribution >= 4 is 21.7 Å². The van der Waals surface area contributed by atoms with Gasteiger partial charge in [0, 0.05) is 9.52 Å². The number of hydrogen-bond acceptors (Lipinski definition) is 0. The first kappa shape index (κ1) is 29.5. The summed E-state index contributed by atoms with van der Waals surface area (Å²) in [4.78, 5) is 0. The zero-order valence-electron chi connectivity index (χ0n) is 25.6. The van der Waals surface area contributed by atoms with E-state index in [1.54, 1.807) is 47.2 Å². The van der Waals surface area contributed by atoms with Crippen molar-refractivity contribution in [1.29, 1.82) is 0 Å². The predicted octanol–water partition coefficient (Wildman–Crippen LogP) is 11.2. The molecule has 0 saturated carbocycles. The second kappa shape index (κ2) is 13.8. The van der Waals surface area contributed by atoms with Crippen LogP contribution >= 0.6 is 0 Å². The van der Waals surface area contributed by atoms with E-state index in [4.69, 9.17) is 0 Å². The quantitative estimate of drug-likeness (QED) is 0.176. The number of allylic oxidation sites excluding steroid dienone is 2. The third kappa shape index (κ3) is 5.82. The Morgan fingerprint density at radius 1 is 0.619 bits per heavy atom. The number of benzene rings is 4. The van der Waals surface area contributed by atoms with Gasteiger partial charge >= 0.3 is 235 Å². The van der Waals surface area contributed by atoms with Gasteiger partial charge in [0.15, 0.2) is 0 Å². The summed E-state index contributed by atoms with van der Waals surface area (Å²) >= 11 is -0.656. The van der Waals surface area contributed by atoms with Gasteiger partial charge in [0.05, 0.1) is 0 Å². The van der Waals surface area contributed by atoms with Gasteiger partial charge in [0.25, 0.3) is 0 Å². The molecule has 0 aromatic heterocycles. The Kier molecular flexibility index (Phi) is 9.73. The second-order valence-electron chi connectivity index (χ2n) is 12.0. The Hall–Kier alpha value is -2.54. The van der Waals surface area contributed by atoms with Crippen LogP contribution in [0.4, 0.5) is 0 Å². The molecule has 3 aliphatic rings. The average molecular weight is 644 g/mol. The SMILES string of the molecule is C1CC[SiH2]C1.CCC1=Cc2c(-c3ccccc3)cccc2C1[CH]([Zr][CH3])C1C(CC)=Cc2c(-c3ccccc3)cccc21. The van der Waals surface area contributed by atoms with E-state index in [1.165, 1.54) is 33.4 Å². The first-order valence-electron chi connectivity index (χ1n) is 16.2. The van der Waals surface area contributed by atoms with Gasteiger partial charge in [-0.15, -0.1) is 0 Å². The van der Waals surface area contributed by atoms with Crippen LogP contribution in [-0.2, 0) is 23.2 Å². The fourth-order valence-corrected chi connectivity index (χ4v) is 13.0. The van der Waals surface area contributed by atoms with E-state index in [0.717, 1.165) is 12.8 Å². The van der Waals surface area contributed by atoms with E-state index in [2.05, 4.69) is 128 Å². The first-order chi connectivity index (χ1) is 20.7. The molecule has 1 aliphatic heterocycles. The summed E-state index contributed by atoms with van der Waals surface area (Å²) in [7, 11) is 0.543. The summed E-state index contributed by atoms with van der Waals surface area (Å²) in [5.74, 6) is 1.07. The van der Waals surface area contributed by atoms with Gasteiger partial charge in [-0.3, -0.25) is 0 Å². The summed E-state index contributed by atoms with van der Waals surface area (Å²) in [5.41, 5.74) is 14.7. The van der Waals surface area contributed by atoms with Crippen molar-refractivity contribution in [2.24, 2.45) is 0 Å². The van der Waals surface area contributed by atoms with Gasteiger partial charge in [-0.25, -0.2) is 0 Å². The Morgan fingerprint density at radius 3 is 1.43 bits per heavy atom. The van der Waals surface area contributed by atoms with Crippen LogP contribution in [0.1, 0.15) is 73.6 Å². The Labute approximate surface area is 267 Å². The number of hydrogen-bond donors (Lipinski definition) is 0. The summed E-state index contributed by atoms with van der Waals surface area (Å²) in [6.07, 6.45) is 10.5. The van der Waals surface area contributed by atoms with Crippen LogP contribution in [0.3, 0.4) is 0 Å². The molecule has 2 aliphatic carbocycles. The molecule has 212 valence electrons. The molecule has 1 heterocycles. The van der Waals surface area contributed by atoms with Crippen LogP contribution in [-0.4, -0.2) is 9.52 Å². The molecule has 4 aromatic rings. The molecular weight excluding hydrogens is 600 g/mol. The zero-order valence-corrected chi connectivity index (χ0v) is 29.4. The van der Waals surface area contributed by atoms with Crippen molar-refractivity contribution in [3.8, 4) is 22.3 Å². The van der Waals surface area contributed by atoms with Gasteiger partial charge in [0.2, 0.25) is 0 Å². The van der Waals surface area contributed by atoms with Crippen molar-refractivity contribution in [2.75, 3.05) is 0 Å². The molecule has 0 bridgehead atoms. The van der Waals surface area contributed by atoms with Gasteiger partial charge in [-0.2, -0.15) is 0 Å². The third-order valence-electron chi connectivity index (χ3n) is 9.70. The monoisotopic (exact) mass is 642 g/mol. The van der Waals surface area contributed by atoms with Gasteiger partial charge in [-0.1, -0.05) is 24.9 Å². The summed E-state index contributed by atoms with van der Waals surface area (Å²) in [6, 6.07) is 39.3. The van der Waals surface area contributed by atoms with Crippen molar-refractivity contribution in [3.05, 3.63) is 130 Å². The maximum absolute atomic E-state index is 2.58. The zero-order chi connectivity index (χ0) is 28.9. The van der Waals surface area contributed by atoms with Gasteiger partial charge in [0.1, 0.15) is 0 Å². The van der Waals surface area contributed by atoms with Gasteiger partial charge < -0.3 is 0 Å².